The molecular formula is C33H35FN2O6. The molecule has 1 heterocycles. The first-order valence-corrected chi connectivity index (χ1v) is 13.8. The summed E-state index contributed by atoms with van der Waals surface area (Å²) in [5.41, 5.74) is 4.71. The number of halogens is 1. The Morgan fingerprint density at radius 2 is 1.50 bits per heavy atom. The minimum absolute atomic E-state index is 0.119. The number of carbonyl (C=O) groups is 2. The molecule has 0 unspecified atom stereocenters. The van der Waals surface area contributed by atoms with Crippen LogP contribution in [0.3, 0.4) is 0 Å². The summed E-state index contributed by atoms with van der Waals surface area (Å²) in [5, 5.41) is 32.4. The monoisotopic (exact) mass is 574 g/mol. The van der Waals surface area contributed by atoms with E-state index in [4.69, 9.17) is 5.26 Å². The predicted octanol–water partition coefficient (Wildman–Crippen LogP) is 6.25. The number of anilines is 1. The van der Waals surface area contributed by atoms with Gasteiger partial charge in [0.05, 0.1) is 29.9 Å². The molecule has 0 fully saturated rings. The normalized spacial score (nSPS) is 12.6. The lowest BCUT2D eigenvalue weighted by Crippen LogP contribution is -2.23. The number of amides is 1. The molecule has 2 atom stereocenters. The lowest BCUT2D eigenvalue weighted by molar-refractivity contribution is -0.236. The third-order valence-electron chi connectivity index (χ3n) is 7.02. The van der Waals surface area contributed by atoms with Gasteiger partial charge in [0.1, 0.15) is 5.82 Å². The molecule has 4 N–H and O–H groups in total. The zero-order valence-corrected chi connectivity index (χ0v) is 23.5. The van der Waals surface area contributed by atoms with Crippen molar-refractivity contribution in [1.29, 1.82) is 0 Å². The van der Waals surface area contributed by atoms with Crippen LogP contribution in [-0.2, 0) is 16.2 Å². The molecule has 4 aromatic rings. The van der Waals surface area contributed by atoms with E-state index < -0.39 is 30.4 Å². The summed E-state index contributed by atoms with van der Waals surface area (Å²) in [7, 11) is 0. The Kier molecular flexibility index (Phi) is 10.2. The fraction of sp³-hybridized carbons (Fsp3) is 0.273. The Labute approximate surface area is 244 Å². The van der Waals surface area contributed by atoms with Gasteiger partial charge in [0.25, 0.3) is 5.91 Å². The van der Waals surface area contributed by atoms with Crippen LogP contribution in [0.25, 0.3) is 22.4 Å². The first-order valence-electron chi connectivity index (χ1n) is 13.8. The number of hydrogen-bond acceptors (Lipinski definition) is 6. The quantitative estimate of drug-likeness (QED) is 0.117. The van der Waals surface area contributed by atoms with E-state index in [9.17, 15) is 24.2 Å². The fourth-order valence-electron chi connectivity index (χ4n) is 5.23. The second kappa shape index (κ2) is 14.0. The molecule has 1 amide bonds. The fourth-order valence-corrected chi connectivity index (χ4v) is 5.23. The van der Waals surface area contributed by atoms with Crippen LogP contribution in [-0.4, -0.2) is 44.1 Å². The Morgan fingerprint density at radius 3 is 2.10 bits per heavy atom. The van der Waals surface area contributed by atoms with E-state index >= 15 is 0 Å². The predicted molar refractivity (Wildman–Crippen MR) is 158 cm³/mol. The Bertz CT molecular complexity index is 1490. The van der Waals surface area contributed by atoms with Gasteiger partial charge < -0.3 is 25.0 Å². The van der Waals surface area contributed by atoms with Crippen LogP contribution < -0.4 is 5.32 Å². The van der Waals surface area contributed by atoms with Crippen LogP contribution in [0.2, 0.25) is 0 Å². The van der Waals surface area contributed by atoms with E-state index in [2.05, 4.69) is 10.2 Å². The summed E-state index contributed by atoms with van der Waals surface area (Å²) in [6.07, 6.45) is -2.61. The smallest absolute Gasteiger partial charge is 0.344 e. The van der Waals surface area contributed by atoms with Crippen LogP contribution in [0.5, 0.6) is 0 Å². The van der Waals surface area contributed by atoms with Crippen LogP contribution >= 0.6 is 0 Å². The molecule has 0 saturated carbocycles. The van der Waals surface area contributed by atoms with E-state index in [0.29, 0.717) is 28.1 Å². The lowest BCUT2D eigenvalue weighted by Gasteiger charge is -2.20. The number of nitrogens with zero attached hydrogens (tertiary/aromatic N) is 1. The average Bonchev–Trinajstić information content (AvgIpc) is 3.33. The third kappa shape index (κ3) is 7.30. The van der Waals surface area contributed by atoms with Gasteiger partial charge in [-0.25, -0.2) is 9.18 Å². The number of aromatic nitrogens is 1. The Hall–Kier alpha value is -4.31. The van der Waals surface area contributed by atoms with Crippen molar-refractivity contribution in [2.45, 2.75) is 57.8 Å². The summed E-state index contributed by atoms with van der Waals surface area (Å²) in [5.74, 6) is -1.82. The second-order valence-electron chi connectivity index (χ2n) is 10.5. The van der Waals surface area contributed by atoms with Gasteiger partial charge in [-0.1, -0.05) is 62.4 Å². The molecule has 0 spiro atoms. The Balaban J connectivity index is 1.86. The standard InChI is InChI=1S/C33H35FN2O6/c1-21(2)31-30(33(40)35-25-11-7-4-8-12-25)29(22-9-5-3-6-10-22)32(23-13-15-24(34)16-14-23)36(31)18-17-26(37)19-27(38)20-28(39)42-41/h3-16,21,26-27,37-38,41H,17-20H2,1-2H3,(H,35,40)/t26-,27-/m0/s1. The molecule has 0 aliphatic carbocycles. The number of hydrogen-bond donors (Lipinski definition) is 4. The number of carbonyl (C=O) groups excluding carboxylic acids is 2. The van der Waals surface area contributed by atoms with Crippen molar-refractivity contribution in [1.82, 2.24) is 4.57 Å². The zero-order chi connectivity index (χ0) is 30.2. The maximum Gasteiger partial charge on any atom is 0.344 e. The van der Waals surface area contributed by atoms with Crippen molar-refractivity contribution < 1.29 is 34.3 Å². The largest absolute Gasteiger partial charge is 0.393 e. The van der Waals surface area contributed by atoms with Gasteiger partial charge in [0.15, 0.2) is 0 Å². The van der Waals surface area contributed by atoms with Gasteiger partial charge in [-0.3, -0.25) is 4.79 Å². The summed E-state index contributed by atoms with van der Waals surface area (Å²) in [6.45, 7) is 4.22. The van der Waals surface area contributed by atoms with Crippen LogP contribution in [0.15, 0.2) is 84.9 Å². The summed E-state index contributed by atoms with van der Waals surface area (Å²) in [4.78, 5) is 29.0. The summed E-state index contributed by atoms with van der Waals surface area (Å²) >= 11 is 0. The molecule has 8 nitrogen and oxygen atoms in total. The highest BCUT2D eigenvalue weighted by Gasteiger charge is 2.31. The topological polar surface area (TPSA) is 121 Å². The van der Waals surface area contributed by atoms with Crippen molar-refractivity contribution in [2.75, 3.05) is 5.32 Å². The van der Waals surface area contributed by atoms with E-state index in [1.54, 1.807) is 24.3 Å². The van der Waals surface area contributed by atoms with Crippen LogP contribution in [0.1, 0.15) is 55.1 Å². The molecule has 0 saturated heterocycles. The number of aliphatic hydroxyl groups is 2. The van der Waals surface area contributed by atoms with Crippen molar-refractivity contribution in [3.05, 3.63) is 102 Å². The highest BCUT2D eigenvalue weighted by atomic mass is 19.1. The van der Waals surface area contributed by atoms with E-state index in [-0.39, 0.29) is 31.2 Å². The van der Waals surface area contributed by atoms with Crippen LogP contribution in [0.4, 0.5) is 10.1 Å². The van der Waals surface area contributed by atoms with Crippen molar-refractivity contribution >= 4 is 17.6 Å². The van der Waals surface area contributed by atoms with Crippen LogP contribution in [0, 0.1) is 5.82 Å². The maximum absolute atomic E-state index is 14.1. The molecule has 0 radical (unpaired) electrons. The van der Waals surface area contributed by atoms with Gasteiger partial charge in [0, 0.05) is 23.5 Å². The maximum atomic E-state index is 14.1. The highest BCUT2D eigenvalue weighted by molar-refractivity contribution is 6.12. The SMILES string of the molecule is CC(C)c1c(C(=O)Nc2ccccc2)c(-c2ccccc2)c(-c2ccc(F)cc2)n1CC[C@H](O)C[C@H](O)CC(=O)OO. The molecule has 0 aliphatic heterocycles. The second-order valence-corrected chi connectivity index (χ2v) is 10.5. The molecular weight excluding hydrogens is 539 g/mol. The number of benzene rings is 3. The minimum Gasteiger partial charge on any atom is -0.393 e. The van der Waals surface area contributed by atoms with Gasteiger partial charge in [-0.05, 0) is 66.3 Å². The molecule has 220 valence electrons. The van der Waals surface area contributed by atoms with Crippen molar-refractivity contribution in [3.8, 4) is 22.4 Å². The number of rotatable bonds is 12. The molecule has 42 heavy (non-hydrogen) atoms. The van der Waals surface area contributed by atoms with Gasteiger partial charge >= 0.3 is 5.97 Å². The third-order valence-corrected chi connectivity index (χ3v) is 7.02. The number of para-hydroxylation sites is 1. The number of aliphatic hydroxyl groups excluding tert-OH is 2. The van der Waals surface area contributed by atoms with Gasteiger partial charge in [-0.15, -0.1) is 0 Å². The molecule has 3 aromatic carbocycles. The van der Waals surface area contributed by atoms with Crippen molar-refractivity contribution in [2.24, 2.45) is 0 Å². The van der Waals surface area contributed by atoms with Gasteiger partial charge in [-0.2, -0.15) is 5.26 Å². The summed E-state index contributed by atoms with van der Waals surface area (Å²) < 4.78 is 16.0. The van der Waals surface area contributed by atoms with E-state index in [0.717, 1.165) is 11.3 Å². The van der Waals surface area contributed by atoms with Gasteiger partial charge in [0.2, 0.25) is 0 Å². The number of nitrogens with one attached hydrogen (secondary N) is 1. The molecule has 0 aliphatic rings. The molecule has 9 heteroatoms. The lowest BCUT2D eigenvalue weighted by atomic mass is 9.94. The zero-order valence-electron chi connectivity index (χ0n) is 23.5. The minimum atomic E-state index is -1.21. The van der Waals surface area contributed by atoms with E-state index in [1.807, 2.05) is 66.9 Å². The first-order chi connectivity index (χ1) is 20.2. The van der Waals surface area contributed by atoms with Crippen molar-refractivity contribution in [3.63, 3.8) is 0 Å². The Morgan fingerprint density at radius 1 is 0.881 bits per heavy atom. The first kappa shape index (κ1) is 30.6. The molecule has 4 rings (SSSR count). The molecule has 1 aromatic heterocycles. The average molecular weight is 575 g/mol. The summed E-state index contributed by atoms with van der Waals surface area (Å²) in [6, 6.07) is 24.7. The molecule has 0 bridgehead atoms. The highest BCUT2D eigenvalue weighted by Crippen LogP contribution is 2.42. The van der Waals surface area contributed by atoms with E-state index in [1.165, 1.54) is 12.1 Å².